The van der Waals surface area contributed by atoms with Gasteiger partial charge < -0.3 is 20.5 Å². The maximum Gasteiger partial charge on any atom is 0.326 e. The van der Waals surface area contributed by atoms with Gasteiger partial charge in [0, 0.05) is 6.07 Å². The number of amides is 2. The third kappa shape index (κ3) is 5.35. The third-order valence-electron chi connectivity index (χ3n) is 2.42. The number of ether oxygens (including phenoxy) is 1. The molecule has 3 N–H and O–H groups in total. The highest BCUT2D eigenvalue weighted by molar-refractivity contribution is 7.98. The van der Waals surface area contributed by atoms with Crippen LogP contribution in [0.1, 0.15) is 6.42 Å². The molecule has 8 heteroatoms. The predicted octanol–water partition coefficient (Wildman–Crippen LogP) is 1.42. The summed E-state index contributed by atoms with van der Waals surface area (Å²) in [6, 6.07) is 1.72. The fourth-order valence-electron chi connectivity index (χ4n) is 1.39. The summed E-state index contributed by atoms with van der Waals surface area (Å²) in [6.07, 6.45) is 3.67. The van der Waals surface area contributed by atoms with E-state index < -0.39 is 18.0 Å². The number of carbonyl (C=O) groups is 2. The van der Waals surface area contributed by atoms with E-state index in [1.807, 2.05) is 6.26 Å². The number of thioether (sulfide) groups is 1. The number of aliphatic carboxylic acids is 1. The Morgan fingerprint density at radius 2 is 2.25 bits per heavy atom. The second-order valence-electron chi connectivity index (χ2n) is 3.86. The van der Waals surface area contributed by atoms with Gasteiger partial charge >= 0.3 is 12.0 Å². The van der Waals surface area contributed by atoms with Crippen molar-refractivity contribution in [2.45, 2.75) is 12.5 Å². The number of anilines is 1. The van der Waals surface area contributed by atoms with E-state index in [4.69, 9.17) is 9.84 Å². The van der Waals surface area contributed by atoms with E-state index in [0.717, 1.165) is 0 Å². The fourth-order valence-corrected chi connectivity index (χ4v) is 1.86. The molecule has 20 heavy (non-hydrogen) atoms. The van der Waals surface area contributed by atoms with E-state index in [1.54, 1.807) is 12.1 Å². The first kappa shape index (κ1) is 16.1. The van der Waals surface area contributed by atoms with E-state index in [-0.39, 0.29) is 0 Å². The molecule has 1 aromatic heterocycles. The van der Waals surface area contributed by atoms with Gasteiger partial charge in [0.05, 0.1) is 19.0 Å². The number of hydrogen-bond acceptors (Lipinski definition) is 5. The highest BCUT2D eigenvalue weighted by Crippen LogP contribution is 2.10. The van der Waals surface area contributed by atoms with Crippen LogP contribution >= 0.6 is 11.8 Å². The number of rotatable bonds is 7. The maximum atomic E-state index is 11.7. The lowest BCUT2D eigenvalue weighted by Crippen LogP contribution is -2.43. The Bertz CT molecular complexity index is 453. The topological polar surface area (TPSA) is 101 Å². The van der Waals surface area contributed by atoms with Crippen LogP contribution in [0.3, 0.4) is 0 Å². The van der Waals surface area contributed by atoms with Crippen LogP contribution in [0.25, 0.3) is 0 Å². The van der Waals surface area contributed by atoms with E-state index in [0.29, 0.717) is 23.7 Å². The zero-order valence-electron chi connectivity index (χ0n) is 11.3. The summed E-state index contributed by atoms with van der Waals surface area (Å²) in [5.74, 6) is 0.0304. The van der Waals surface area contributed by atoms with Crippen molar-refractivity contribution >= 4 is 29.4 Å². The Kier molecular flexibility index (Phi) is 6.65. The van der Waals surface area contributed by atoms with Crippen molar-refractivity contribution in [1.82, 2.24) is 10.3 Å². The Labute approximate surface area is 121 Å². The summed E-state index contributed by atoms with van der Waals surface area (Å²) in [5, 5.41) is 13.9. The van der Waals surface area contributed by atoms with Gasteiger partial charge in [0.25, 0.3) is 0 Å². The first-order valence-corrected chi connectivity index (χ1v) is 7.25. The lowest BCUT2D eigenvalue weighted by Gasteiger charge is -2.14. The largest absolute Gasteiger partial charge is 0.481 e. The number of carboxylic acid groups (broad SMARTS) is 1. The first-order valence-electron chi connectivity index (χ1n) is 5.86. The molecule has 0 aliphatic heterocycles. The minimum Gasteiger partial charge on any atom is -0.481 e. The number of pyridine rings is 1. The Morgan fingerprint density at radius 3 is 2.75 bits per heavy atom. The van der Waals surface area contributed by atoms with Crippen LogP contribution in [-0.2, 0) is 4.79 Å². The number of nitrogens with zero attached hydrogens (tertiary/aromatic N) is 1. The van der Waals surface area contributed by atoms with Gasteiger partial charge in [0.1, 0.15) is 6.04 Å². The van der Waals surface area contributed by atoms with Crippen molar-refractivity contribution in [1.29, 1.82) is 0 Å². The number of carboxylic acids is 1. The molecule has 2 amide bonds. The van der Waals surface area contributed by atoms with Gasteiger partial charge in [-0.25, -0.2) is 14.6 Å². The molecule has 1 heterocycles. The van der Waals surface area contributed by atoms with Crippen molar-refractivity contribution in [2.75, 3.05) is 24.4 Å². The molecule has 110 valence electrons. The number of aromatic nitrogens is 1. The molecule has 0 radical (unpaired) electrons. The van der Waals surface area contributed by atoms with Crippen molar-refractivity contribution in [3.63, 3.8) is 0 Å². The molecule has 0 fully saturated rings. The SMILES string of the molecule is COc1ccc(NC(=O)N[C@H](CCSC)C(=O)O)cn1. The van der Waals surface area contributed by atoms with Gasteiger partial charge in [-0.3, -0.25) is 0 Å². The van der Waals surface area contributed by atoms with E-state index in [9.17, 15) is 9.59 Å². The van der Waals surface area contributed by atoms with E-state index in [1.165, 1.54) is 25.1 Å². The minimum absolute atomic E-state index is 0.366. The highest BCUT2D eigenvalue weighted by atomic mass is 32.2. The number of urea groups is 1. The lowest BCUT2D eigenvalue weighted by molar-refractivity contribution is -0.139. The number of nitrogens with one attached hydrogen (secondary N) is 2. The van der Waals surface area contributed by atoms with Crippen LogP contribution in [0.4, 0.5) is 10.5 Å². The molecule has 0 aliphatic carbocycles. The fraction of sp³-hybridized carbons (Fsp3) is 0.417. The van der Waals surface area contributed by atoms with Gasteiger partial charge in [0.15, 0.2) is 0 Å². The summed E-state index contributed by atoms with van der Waals surface area (Å²) in [4.78, 5) is 26.6. The van der Waals surface area contributed by atoms with E-state index >= 15 is 0 Å². The smallest absolute Gasteiger partial charge is 0.326 e. The Balaban J connectivity index is 2.53. The van der Waals surface area contributed by atoms with Gasteiger partial charge in [-0.2, -0.15) is 11.8 Å². The van der Waals surface area contributed by atoms with Crippen molar-refractivity contribution < 1.29 is 19.4 Å². The van der Waals surface area contributed by atoms with Crippen molar-refractivity contribution in [3.05, 3.63) is 18.3 Å². The van der Waals surface area contributed by atoms with Gasteiger partial charge in [-0.1, -0.05) is 0 Å². The molecular weight excluding hydrogens is 282 g/mol. The Hall–Kier alpha value is -1.96. The average molecular weight is 299 g/mol. The minimum atomic E-state index is -1.05. The first-order chi connectivity index (χ1) is 9.56. The van der Waals surface area contributed by atoms with Crippen LogP contribution in [0.5, 0.6) is 5.88 Å². The molecule has 0 aromatic carbocycles. The molecule has 1 atom stereocenters. The summed E-state index contributed by atoms with van der Waals surface area (Å²) < 4.78 is 4.89. The molecule has 1 rings (SSSR count). The summed E-state index contributed by atoms with van der Waals surface area (Å²) >= 11 is 1.52. The quantitative estimate of drug-likeness (QED) is 0.704. The molecule has 0 bridgehead atoms. The molecule has 1 aromatic rings. The lowest BCUT2D eigenvalue weighted by atomic mass is 10.2. The van der Waals surface area contributed by atoms with Crippen molar-refractivity contribution in [2.24, 2.45) is 0 Å². The standard InChI is InChI=1S/C12H17N3O4S/c1-19-10-4-3-8(7-13-10)14-12(18)15-9(11(16)17)5-6-20-2/h3-4,7,9H,5-6H2,1-2H3,(H,16,17)(H2,14,15,18)/t9-/m1/s1. The second-order valence-corrected chi connectivity index (χ2v) is 4.85. The normalized spacial score (nSPS) is 11.5. The average Bonchev–Trinajstić information content (AvgIpc) is 2.44. The van der Waals surface area contributed by atoms with Gasteiger partial charge in [-0.05, 0) is 24.5 Å². The van der Waals surface area contributed by atoms with Crippen molar-refractivity contribution in [3.8, 4) is 5.88 Å². The zero-order valence-corrected chi connectivity index (χ0v) is 12.1. The predicted molar refractivity (Wildman–Crippen MR) is 77.4 cm³/mol. The second kappa shape index (κ2) is 8.26. The summed E-state index contributed by atoms with van der Waals surface area (Å²) in [5.41, 5.74) is 0.456. The third-order valence-corrected chi connectivity index (χ3v) is 3.06. The van der Waals surface area contributed by atoms with Crippen LogP contribution in [0.2, 0.25) is 0 Å². The Morgan fingerprint density at radius 1 is 1.50 bits per heavy atom. The van der Waals surface area contributed by atoms with Crippen LogP contribution < -0.4 is 15.4 Å². The van der Waals surface area contributed by atoms with Gasteiger partial charge in [0.2, 0.25) is 5.88 Å². The number of methoxy groups -OCH3 is 1. The molecule has 0 unspecified atom stereocenters. The summed E-state index contributed by atoms with van der Waals surface area (Å²) in [6.45, 7) is 0. The van der Waals surface area contributed by atoms with Crippen LogP contribution in [-0.4, -0.2) is 47.3 Å². The highest BCUT2D eigenvalue weighted by Gasteiger charge is 2.19. The number of carbonyl (C=O) groups excluding carboxylic acids is 1. The van der Waals surface area contributed by atoms with Crippen LogP contribution in [0.15, 0.2) is 18.3 Å². The summed E-state index contributed by atoms with van der Waals surface area (Å²) in [7, 11) is 1.49. The molecule has 0 saturated heterocycles. The zero-order chi connectivity index (χ0) is 15.0. The monoisotopic (exact) mass is 299 g/mol. The molecular formula is C12H17N3O4S. The van der Waals surface area contributed by atoms with E-state index in [2.05, 4.69) is 15.6 Å². The molecule has 0 spiro atoms. The molecule has 0 saturated carbocycles. The molecule has 0 aliphatic rings. The number of hydrogen-bond donors (Lipinski definition) is 3. The van der Waals surface area contributed by atoms with Gasteiger partial charge in [-0.15, -0.1) is 0 Å². The maximum absolute atomic E-state index is 11.7. The molecule has 7 nitrogen and oxygen atoms in total. The van der Waals surface area contributed by atoms with Crippen LogP contribution in [0, 0.1) is 0 Å².